The first-order valence-electron chi connectivity index (χ1n) is 8.51. The Morgan fingerprint density at radius 2 is 2.04 bits per heavy atom. The second kappa shape index (κ2) is 9.10. The van der Waals surface area contributed by atoms with Crippen LogP contribution in [0.15, 0.2) is 23.1 Å². The van der Waals surface area contributed by atoms with Gasteiger partial charge in [0.25, 0.3) is 11.1 Å². The molecule has 2 heterocycles. The topological polar surface area (TPSA) is 75.7 Å². The van der Waals surface area contributed by atoms with E-state index in [1.807, 2.05) is 0 Å². The monoisotopic (exact) mass is 428 g/mol. The number of imide groups is 1. The molecule has 6 nitrogen and oxygen atoms in total. The van der Waals surface area contributed by atoms with Gasteiger partial charge in [-0.05, 0) is 48.4 Å². The summed E-state index contributed by atoms with van der Waals surface area (Å²) in [6, 6.07) is 4.92. The summed E-state index contributed by atoms with van der Waals surface area (Å²) in [6.45, 7) is 1.52. The normalized spacial score (nSPS) is 19.8. The van der Waals surface area contributed by atoms with Gasteiger partial charge in [-0.1, -0.05) is 29.3 Å². The molecule has 2 saturated heterocycles. The zero-order valence-electron chi connectivity index (χ0n) is 14.4. The van der Waals surface area contributed by atoms with Crippen LogP contribution in [0, 0.1) is 5.92 Å². The van der Waals surface area contributed by atoms with Crippen molar-refractivity contribution in [3.8, 4) is 0 Å². The van der Waals surface area contributed by atoms with Crippen molar-refractivity contribution in [2.24, 2.45) is 5.92 Å². The molecule has 0 saturated carbocycles. The molecule has 1 aromatic carbocycles. The predicted octanol–water partition coefficient (Wildman–Crippen LogP) is 3.57. The molecule has 0 spiro atoms. The maximum Gasteiger partial charge on any atom is 0.293 e. The van der Waals surface area contributed by atoms with Crippen LogP contribution >= 0.6 is 35.0 Å². The fraction of sp³-hybridized carbons (Fsp3) is 0.389. The van der Waals surface area contributed by atoms with Crippen LogP contribution < -0.4 is 5.32 Å². The van der Waals surface area contributed by atoms with Crippen LogP contribution in [0.1, 0.15) is 18.4 Å². The van der Waals surface area contributed by atoms with E-state index in [1.54, 1.807) is 24.3 Å². The summed E-state index contributed by atoms with van der Waals surface area (Å²) in [7, 11) is 0. The smallest absolute Gasteiger partial charge is 0.293 e. The minimum absolute atomic E-state index is 0.0613. The first-order chi connectivity index (χ1) is 13.0. The number of amides is 3. The van der Waals surface area contributed by atoms with Gasteiger partial charge >= 0.3 is 0 Å². The number of ether oxygens (including phenoxy) is 1. The summed E-state index contributed by atoms with van der Waals surface area (Å²) in [6.07, 6.45) is 2.96. The molecule has 0 aromatic heterocycles. The SMILES string of the molecule is O=C(NCCN1C(=O)S/C(=C\c2ccc(Cl)cc2Cl)C1=O)C1CCOCC1. The van der Waals surface area contributed by atoms with Crippen molar-refractivity contribution >= 4 is 58.1 Å². The van der Waals surface area contributed by atoms with E-state index < -0.39 is 5.91 Å². The van der Waals surface area contributed by atoms with Crippen LogP contribution in [-0.4, -0.2) is 48.3 Å². The Kier molecular flexibility index (Phi) is 6.81. The molecule has 3 amide bonds. The quantitative estimate of drug-likeness (QED) is 0.725. The predicted molar refractivity (Wildman–Crippen MR) is 106 cm³/mol. The summed E-state index contributed by atoms with van der Waals surface area (Å²) in [4.78, 5) is 38.2. The molecule has 0 unspecified atom stereocenters. The van der Waals surface area contributed by atoms with E-state index in [9.17, 15) is 14.4 Å². The van der Waals surface area contributed by atoms with Crippen LogP contribution in [-0.2, 0) is 14.3 Å². The lowest BCUT2D eigenvalue weighted by molar-refractivity contribution is -0.128. The number of halogens is 2. The van der Waals surface area contributed by atoms with E-state index in [0.717, 1.165) is 16.7 Å². The number of carbonyl (C=O) groups excluding carboxylic acids is 3. The highest BCUT2D eigenvalue weighted by Crippen LogP contribution is 2.33. The average molecular weight is 429 g/mol. The molecule has 1 N–H and O–H groups in total. The first-order valence-corrected chi connectivity index (χ1v) is 10.1. The third-order valence-electron chi connectivity index (χ3n) is 4.35. The summed E-state index contributed by atoms with van der Waals surface area (Å²) in [5.41, 5.74) is 0.611. The van der Waals surface area contributed by atoms with Crippen molar-refractivity contribution in [3.63, 3.8) is 0 Å². The number of carbonyl (C=O) groups is 3. The van der Waals surface area contributed by atoms with E-state index in [4.69, 9.17) is 27.9 Å². The second-order valence-corrected chi connectivity index (χ2v) is 8.01. The molecule has 2 fully saturated rings. The van der Waals surface area contributed by atoms with Crippen LogP contribution in [0.4, 0.5) is 4.79 Å². The molecule has 0 aliphatic carbocycles. The number of nitrogens with one attached hydrogen (secondary N) is 1. The van der Waals surface area contributed by atoms with Crippen molar-refractivity contribution in [2.45, 2.75) is 12.8 Å². The van der Waals surface area contributed by atoms with Crippen molar-refractivity contribution in [2.75, 3.05) is 26.3 Å². The average Bonchev–Trinajstić information content (AvgIpc) is 2.92. The number of thioether (sulfide) groups is 1. The second-order valence-electron chi connectivity index (χ2n) is 6.18. The van der Waals surface area contributed by atoms with E-state index in [-0.39, 0.29) is 30.2 Å². The molecule has 3 rings (SSSR count). The fourth-order valence-corrected chi connectivity index (χ4v) is 4.17. The number of rotatable bonds is 5. The Morgan fingerprint density at radius 1 is 1.30 bits per heavy atom. The van der Waals surface area contributed by atoms with Crippen LogP contribution in [0.3, 0.4) is 0 Å². The molecule has 0 radical (unpaired) electrons. The third-order valence-corrected chi connectivity index (χ3v) is 5.82. The van der Waals surface area contributed by atoms with Crippen LogP contribution in [0.5, 0.6) is 0 Å². The lowest BCUT2D eigenvalue weighted by Gasteiger charge is -2.21. The van der Waals surface area contributed by atoms with Crippen molar-refractivity contribution < 1.29 is 19.1 Å². The lowest BCUT2D eigenvalue weighted by atomic mass is 9.99. The molecule has 9 heteroatoms. The highest BCUT2D eigenvalue weighted by atomic mass is 35.5. The maximum atomic E-state index is 12.5. The van der Waals surface area contributed by atoms with Crippen molar-refractivity contribution in [1.82, 2.24) is 10.2 Å². The molecular weight excluding hydrogens is 411 g/mol. The van der Waals surface area contributed by atoms with Crippen LogP contribution in [0.2, 0.25) is 10.0 Å². The van der Waals surface area contributed by atoms with Crippen LogP contribution in [0.25, 0.3) is 6.08 Å². The molecular formula is C18H18Cl2N2O4S. The summed E-state index contributed by atoms with van der Waals surface area (Å²) >= 11 is 12.8. The number of hydrogen-bond acceptors (Lipinski definition) is 5. The van der Waals surface area contributed by atoms with Crippen molar-refractivity contribution in [1.29, 1.82) is 0 Å². The van der Waals surface area contributed by atoms with Gasteiger partial charge in [-0.25, -0.2) is 0 Å². The largest absolute Gasteiger partial charge is 0.381 e. The zero-order chi connectivity index (χ0) is 19.4. The van der Waals surface area contributed by atoms with E-state index in [1.165, 1.54) is 0 Å². The third kappa shape index (κ3) is 5.04. The van der Waals surface area contributed by atoms with Gasteiger partial charge in [0.2, 0.25) is 5.91 Å². The molecule has 2 aliphatic heterocycles. The highest BCUT2D eigenvalue weighted by molar-refractivity contribution is 8.18. The molecule has 144 valence electrons. The van der Waals surface area contributed by atoms with Crippen molar-refractivity contribution in [3.05, 3.63) is 38.7 Å². The minimum atomic E-state index is -0.392. The van der Waals surface area contributed by atoms with Gasteiger partial charge < -0.3 is 10.1 Å². The highest BCUT2D eigenvalue weighted by Gasteiger charge is 2.35. The van der Waals surface area contributed by atoms with E-state index in [2.05, 4.69) is 5.32 Å². The van der Waals surface area contributed by atoms with E-state index >= 15 is 0 Å². The van der Waals surface area contributed by atoms with Gasteiger partial charge in [-0.15, -0.1) is 0 Å². The van der Waals surface area contributed by atoms with E-state index in [0.29, 0.717) is 46.6 Å². The Labute approximate surface area is 171 Å². The van der Waals surface area contributed by atoms with Gasteiger partial charge in [-0.3, -0.25) is 19.3 Å². The number of nitrogens with zero attached hydrogens (tertiary/aromatic N) is 1. The molecule has 0 atom stereocenters. The standard InChI is InChI=1S/C18H18Cl2N2O4S/c19-13-2-1-12(14(20)10-13)9-15-17(24)22(18(25)27-15)6-5-21-16(23)11-3-7-26-8-4-11/h1-2,9-11H,3-8H2,(H,21,23)/b15-9-. The zero-order valence-corrected chi connectivity index (χ0v) is 16.7. The summed E-state index contributed by atoms with van der Waals surface area (Å²) in [5.74, 6) is -0.522. The Balaban J connectivity index is 1.57. The number of hydrogen-bond donors (Lipinski definition) is 1. The minimum Gasteiger partial charge on any atom is -0.381 e. The van der Waals surface area contributed by atoms with Gasteiger partial charge in [0.05, 0.1) is 4.91 Å². The Morgan fingerprint density at radius 3 is 2.74 bits per heavy atom. The van der Waals surface area contributed by atoms with Gasteiger partial charge in [0, 0.05) is 42.3 Å². The van der Waals surface area contributed by atoms with Gasteiger partial charge in [0.1, 0.15) is 0 Å². The molecule has 2 aliphatic rings. The Hall–Kier alpha value is -1.54. The van der Waals surface area contributed by atoms with Gasteiger partial charge in [0.15, 0.2) is 0 Å². The summed E-state index contributed by atoms with van der Waals surface area (Å²) < 4.78 is 5.24. The molecule has 0 bridgehead atoms. The number of benzene rings is 1. The first kappa shape index (κ1) is 20.2. The summed E-state index contributed by atoms with van der Waals surface area (Å²) in [5, 5.41) is 3.32. The fourth-order valence-electron chi connectivity index (χ4n) is 2.85. The molecule has 1 aromatic rings. The van der Waals surface area contributed by atoms with Gasteiger partial charge in [-0.2, -0.15) is 0 Å². The lowest BCUT2D eigenvalue weighted by Crippen LogP contribution is -2.40. The Bertz CT molecular complexity index is 794. The molecule has 27 heavy (non-hydrogen) atoms. The maximum absolute atomic E-state index is 12.5.